The fourth-order valence-corrected chi connectivity index (χ4v) is 6.20. The summed E-state index contributed by atoms with van der Waals surface area (Å²) in [6, 6.07) is 18.3. The third kappa shape index (κ3) is 6.61. The van der Waals surface area contributed by atoms with E-state index in [1.165, 1.54) is 6.07 Å². The fraction of sp³-hybridized carbons (Fsp3) is 0.265. The molecule has 2 N–H and O–H groups in total. The van der Waals surface area contributed by atoms with Crippen LogP contribution in [0.3, 0.4) is 0 Å². The number of hydrogen-bond donors (Lipinski definition) is 2. The molecule has 0 radical (unpaired) electrons. The summed E-state index contributed by atoms with van der Waals surface area (Å²) >= 11 is 1.08. The van der Waals surface area contributed by atoms with Gasteiger partial charge in [-0.05, 0) is 88.3 Å². The van der Waals surface area contributed by atoms with Crippen molar-refractivity contribution in [1.29, 1.82) is 5.26 Å². The van der Waals surface area contributed by atoms with Gasteiger partial charge in [0.2, 0.25) is 5.88 Å². The number of H-pyrrole nitrogens is 1. The van der Waals surface area contributed by atoms with Crippen LogP contribution >= 0.6 is 11.3 Å². The summed E-state index contributed by atoms with van der Waals surface area (Å²) in [5.74, 6) is 0.663. The summed E-state index contributed by atoms with van der Waals surface area (Å²) in [7, 11) is 4.05. The van der Waals surface area contributed by atoms with E-state index in [1.54, 1.807) is 6.07 Å². The first-order valence-electron chi connectivity index (χ1n) is 14.9. The van der Waals surface area contributed by atoms with Gasteiger partial charge in [0, 0.05) is 46.0 Å². The molecule has 0 aliphatic rings. The summed E-state index contributed by atoms with van der Waals surface area (Å²) in [6.45, 7) is 5.58. The van der Waals surface area contributed by atoms with Gasteiger partial charge < -0.3 is 14.6 Å². The minimum absolute atomic E-state index is 0.0566. The van der Waals surface area contributed by atoms with Gasteiger partial charge in [0.15, 0.2) is 5.82 Å². The predicted molar refractivity (Wildman–Crippen MR) is 176 cm³/mol. The predicted octanol–water partition coefficient (Wildman–Crippen LogP) is 6.43. The number of carbonyl (C=O) groups is 1. The van der Waals surface area contributed by atoms with Crippen molar-refractivity contribution in [3.63, 3.8) is 0 Å². The van der Waals surface area contributed by atoms with Crippen LogP contribution in [0.4, 0.5) is 10.1 Å². The van der Waals surface area contributed by atoms with Crippen LogP contribution in [0.25, 0.3) is 21.9 Å². The van der Waals surface area contributed by atoms with Crippen LogP contribution < -0.4 is 10.1 Å². The van der Waals surface area contributed by atoms with Gasteiger partial charge in [-0.25, -0.2) is 14.4 Å². The molecule has 0 unspecified atom stereocenters. The number of pyridine rings is 1. The number of benzene rings is 2. The summed E-state index contributed by atoms with van der Waals surface area (Å²) in [6.07, 6.45) is 1.65. The number of rotatable bonds is 11. The Hall–Kier alpha value is -5.12. The molecule has 0 aliphatic heterocycles. The molecule has 2 aromatic carbocycles. The fourth-order valence-electron chi connectivity index (χ4n) is 5.46. The van der Waals surface area contributed by atoms with Crippen molar-refractivity contribution in [2.24, 2.45) is 7.05 Å². The van der Waals surface area contributed by atoms with E-state index in [9.17, 15) is 9.18 Å². The first-order chi connectivity index (χ1) is 22.2. The number of thiophene rings is 1. The van der Waals surface area contributed by atoms with Crippen molar-refractivity contribution in [1.82, 2.24) is 29.6 Å². The maximum atomic E-state index is 13.7. The monoisotopic (exact) mass is 636 g/mol. The second kappa shape index (κ2) is 13.1. The first kappa shape index (κ1) is 30.9. The second-order valence-corrected chi connectivity index (χ2v) is 12.5. The summed E-state index contributed by atoms with van der Waals surface area (Å²) in [5.41, 5.74) is 6.75. The van der Waals surface area contributed by atoms with E-state index in [0.717, 1.165) is 81.1 Å². The number of aromatic amines is 1. The number of halogens is 1. The Kier molecular flexibility index (Phi) is 8.78. The van der Waals surface area contributed by atoms with E-state index in [1.807, 2.05) is 69.4 Å². The summed E-state index contributed by atoms with van der Waals surface area (Å²) in [5, 5.41) is 20.3. The number of nitriles is 1. The molecule has 0 saturated heterocycles. The number of fused-ring (bicyclic) bond motifs is 2. The van der Waals surface area contributed by atoms with Crippen LogP contribution in [0.15, 0.2) is 54.6 Å². The van der Waals surface area contributed by atoms with Gasteiger partial charge in [0.1, 0.15) is 23.4 Å². The lowest BCUT2D eigenvalue weighted by Gasteiger charge is -2.16. The van der Waals surface area contributed by atoms with Gasteiger partial charge in [-0.2, -0.15) is 10.4 Å². The molecule has 6 rings (SSSR count). The van der Waals surface area contributed by atoms with Crippen LogP contribution in [0.5, 0.6) is 5.88 Å². The number of ether oxygens (including phenoxy) is 1. The molecular formula is C34H33FN8O2S. The number of amides is 1. The molecule has 0 bridgehead atoms. The minimum Gasteiger partial charge on any atom is -0.472 e. The lowest BCUT2D eigenvalue weighted by molar-refractivity contribution is 0.102. The molecule has 0 aliphatic carbocycles. The lowest BCUT2D eigenvalue weighted by Crippen LogP contribution is -2.21. The maximum absolute atomic E-state index is 13.7. The standard InChI is InChI=1S/C34H33FN8O2S/c1-20-13-24(15-26-21(2)40-41-33(20)26)38-34(44)22-10-11-29-28(14-22)39-31(43(29)4)18-42(3)12-6-8-23-7-5-9-32(37-23)45-19-25-16-27(35)30(17-36)46-25/h5,7,9-11,13-16H,6,8,12,18-19H2,1-4H3,(H,38,44)(H,40,41). The van der Waals surface area contributed by atoms with Crippen molar-refractivity contribution in [3.8, 4) is 11.9 Å². The number of nitrogens with zero attached hydrogens (tertiary/aromatic N) is 6. The van der Waals surface area contributed by atoms with Gasteiger partial charge in [-0.15, -0.1) is 11.3 Å². The third-order valence-electron chi connectivity index (χ3n) is 7.90. The van der Waals surface area contributed by atoms with E-state index in [2.05, 4.69) is 37.0 Å². The van der Waals surface area contributed by atoms with Gasteiger partial charge in [0.25, 0.3) is 5.91 Å². The highest BCUT2D eigenvalue weighted by atomic mass is 32.1. The van der Waals surface area contributed by atoms with Crippen molar-refractivity contribution in [3.05, 3.63) is 98.5 Å². The number of imidazole rings is 1. The zero-order chi connectivity index (χ0) is 32.4. The van der Waals surface area contributed by atoms with Crippen molar-refractivity contribution in [2.75, 3.05) is 18.9 Å². The van der Waals surface area contributed by atoms with Gasteiger partial charge in [-0.3, -0.25) is 14.8 Å². The van der Waals surface area contributed by atoms with E-state index < -0.39 is 5.82 Å². The number of aryl methyl sites for hydroxylation is 4. The quantitative estimate of drug-likeness (QED) is 0.168. The van der Waals surface area contributed by atoms with Crippen molar-refractivity contribution in [2.45, 2.75) is 39.8 Å². The van der Waals surface area contributed by atoms with Crippen LogP contribution in [0.1, 0.15) is 49.3 Å². The average molecular weight is 637 g/mol. The molecule has 12 heteroatoms. The largest absolute Gasteiger partial charge is 0.472 e. The van der Waals surface area contributed by atoms with E-state index in [4.69, 9.17) is 15.0 Å². The van der Waals surface area contributed by atoms with Gasteiger partial charge in [0.05, 0.1) is 23.1 Å². The first-order valence-corrected chi connectivity index (χ1v) is 15.7. The van der Waals surface area contributed by atoms with Crippen molar-refractivity contribution >= 4 is 44.9 Å². The number of carbonyl (C=O) groups excluding carboxylic acids is 1. The second-order valence-electron chi connectivity index (χ2n) is 11.4. The Morgan fingerprint density at radius 3 is 2.83 bits per heavy atom. The highest BCUT2D eigenvalue weighted by Crippen LogP contribution is 2.26. The maximum Gasteiger partial charge on any atom is 0.255 e. The van der Waals surface area contributed by atoms with Gasteiger partial charge in [-0.1, -0.05) is 6.07 Å². The van der Waals surface area contributed by atoms with E-state index in [-0.39, 0.29) is 17.4 Å². The van der Waals surface area contributed by atoms with Crippen molar-refractivity contribution < 1.29 is 13.9 Å². The number of nitrogens with one attached hydrogen (secondary N) is 2. The highest BCUT2D eigenvalue weighted by Gasteiger charge is 2.15. The molecule has 0 fully saturated rings. The molecule has 1 amide bonds. The molecule has 4 aromatic heterocycles. The zero-order valence-electron chi connectivity index (χ0n) is 26.0. The number of aromatic nitrogens is 5. The number of hydrogen-bond acceptors (Lipinski definition) is 8. The van der Waals surface area contributed by atoms with Crippen LogP contribution in [0.2, 0.25) is 0 Å². The SMILES string of the molecule is Cc1[nH]nc2c(C)cc(NC(=O)c3ccc4c(c3)nc(CN(C)CCCc3cccc(OCc5cc(F)c(C#N)s5)n3)n4C)cc12. The molecule has 4 heterocycles. The Balaban J connectivity index is 1.03. The molecule has 0 atom stereocenters. The Bertz CT molecular complexity index is 2110. The van der Waals surface area contributed by atoms with E-state index in [0.29, 0.717) is 22.9 Å². The van der Waals surface area contributed by atoms with Crippen LogP contribution in [0, 0.1) is 31.0 Å². The van der Waals surface area contributed by atoms with Gasteiger partial charge >= 0.3 is 0 Å². The lowest BCUT2D eigenvalue weighted by atomic mass is 10.1. The highest BCUT2D eigenvalue weighted by molar-refractivity contribution is 7.12. The molecule has 234 valence electrons. The van der Waals surface area contributed by atoms with Crippen LogP contribution in [-0.2, 0) is 26.6 Å². The zero-order valence-corrected chi connectivity index (χ0v) is 26.8. The van der Waals surface area contributed by atoms with Crippen LogP contribution in [-0.4, -0.2) is 49.1 Å². The normalized spacial score (nSPS) is 11.4. The average Bonchev–Trinajstić information content (AvgIpc) is 3.70. The summed E-state index contributed by atoms with van der Waals surface area (Å²) < 4.78 is 21.5. The smallest absolute Gasteiger partial charge is 0.255 e. The molecule has 6 aromatic rings. The molecule has 46 heavy (non-hydrogen) atoms. The Labute approximate surface area is 269 Å². The molecule has 0 spiro atoms. The topological polar surface area (TPSA) is 125 Å². The minimum atomic E-state index is -0.520. The Morgan fingerprint density at radius 1 is 1.17 bits per heavy atom. The molecular weight excluding hydrogens is 603 g/mol. The molecule has 0 saturated carbocycles. The third-order valence-corrected chi connectivity index (χ3v) is 8.89. The van der Waals surface area contributed by atoms with E-state index >= 15 is 0 Å². The Morgan fingerprint density at radius 2 is 2.02 bits per heavy atom. The summed E-state index contributed by atoms with van der Waals surface area (Å²) in [4.78, 5) is 25.5. The molecule has 10 nitrogen and oxygen atoms in total. The number of anilines is 1.